The first kappa shape index (κ1) is 76.5. The summed E-state index contributed by atoms with van der Waals surface area (Å²) in [6, 6.07) is -2.62. The van der Waals surface area contributed by atoms with E-state index in [1.54, 1.807) is 6.08 Å². The Morgan fingerprint density at radius 1 is 0.612 bits per heavy atom. The van der Waals surface area contributed by atoms with Gasteiger partial charge in [-0.3, -0.25) is 9.59 Å². The van der Waals surface area contributed by atoms with Crippen LogP contribution in [0, 0.1) is 0 Å². The van der Waals surface area contributed by atoms with Crippen molar-refractivity contribution >= 4 is 17.8 Å². The molecule has 0 bridgehead atoms. The molecule has 18 unspecified atom stereocenters. The molecule has 0 aliphatic carbocycles. The SMILES string of the molecule is CCCCCCCC/C=C\CCCCCC(=O)NC(COC1OC(CO)C(OC2OC(CO)C(O)C(OC3(C(=O)O)CC(O)C(NC(C)=O)C(C(O)C(O)CO)O3)C2O)C(O)C1O)C(O)/C=C/CCCCCCCCCCCCCCCCCC. The summed E-state index contributed by atoms with van der Waals surface area (Å²) in [5.41, 5.74) is 0. The summed E-state index contributed by atoms with van der Waals surface area (Å²) in [6.07, 6.45) is 10.9. The largest absolute Gasteiger partial charge is 0.477 e. The van der Waals surface area contributed by atoms with Gasteiger partial charge in [0.05, 0.1) is 50.7 Å². The molecule has 14 N–H and O–H groups in total. The summed E-state index contributed by atoms with van der Waals surface area (Å²) in [4.78, 5) is 38.4. The Bertz CT molecular complexity index is 1830. The minimum absolute atomic E-state index is 0.180. The zero-order chi connectivity index (χ0) is 62.6. The molecular weight excluding hydrogens is 1110 g/mol. The monoisotopic (exact) mass is 1220 g/mol. The Kier molecular flexibility index (Phi) is 39.4. The average molecular weight is 1220 g/mol. The number of unbranched alkanes of at least 4 members (excludes halogenated alkanes) is 25. The molecule has 3 rings (SSSR count). The molecule has 3 saturated heterocycles. The highest BCUT2D eigenvalue weighted by Gasteiger charge is 2.60. The number of aliphatic hydroxyl groups excluding tert-OH is 11. The number of hydrogen-bond acceptors (Lipinski definition) is 20. The third-order valence-corrected chi connectivity index (χ3v) is 16.4. The normalized spacial score (nSPS) is 29.7. The van der Waals surface area contributed by atoms with Gasteiger partial charge in [-0.2, -0.15) is 0 Å². The number of nitrogens with one attached hydrogen (secondary N) is 2. The van der Waals surface area contributed by atoms with Crippen LogP contribution in [0.1, 0.15) is 213 Å². The standard InChI is InChI=1S/C62H112N2O21/c1-4-6-8-10-12-14-16-18-19-20-21-22-24-25-27-29-31-33-35-44(69)43(64-49(72)36-34-32-30-28-26-23-17-15-13-11-9-7-5-2)41-80-59-54(76)53(75)56(48(40-67)82-59)83-60-55(77)58(52(74)47(39-66)81-60)85-62(61(78)79)37-45(70)50(63-42(3)68)57(84-62)51(73)46(71)38-65/h23,26,33,35,43-48,50-60,65-67,69-71,73-77H,4-22,24-25,27-32,34,36-41H2,1-3H3,(H,63,68)(H,64,72)(H,78,79)/b26-23-,35-33+. The first-order chi connectivity index (χ1) is 40.9. The van der Waals surface area contributed by atoms with Crippen molar-refractivity contribution < 1.29 is 104 Å². The topological polar surface area (TPSA) is 373 Å². The van der Waals surface area contributed by atoms with E-state index in [4.69, 9.17) is 28.4 Å². The van der Waals surface area contributed by atoms with Crippen molar-refractivity contribution in [2.75, 3.05) is 26.4 Å². The van der Waals surface area contributed by atoms with E-state index in [9.17, 15) is 75.7 Å². The molecule has 496 valence electrons. The van der Waals surface area contributed by atoms with E-state index in [1.165, 1.54) is 122 Å². The van der Waals surface area contributed by atoms with Gasteiger partial charge in [0, 0.05) is 19.8 Å². The lowest BCUT2D eigenvalue weighted by atomic mass is 9.88. The van der Waals surface area contributed by atoms with E-state index in [0.29, 0.717) is 12.8 Å². The first-order valence-corrected chi connectivity index (χ1v) is 32.2. The van der Waals surface area contributed by atoms with Crippen LogP contribution in [0.4, 0.5) is 0 Å². The van der Waals surface area contributed by atoms with Gasteiger partial charge in [0.15, 0.2) is 12.6 Å². The molecule has 85 heavy (non-hydrogen) atoms. The van der Waals surface area contributed by atoms with Crippen LogP contribution in [0.15, 0.2) is 24.3 Å². The van der Waals surface area contributed by atoms with E-state index >= 15 is 0 Å². The van der Waals surface area contributed by atoms with Gasteiger partial charge in [-0.05, 0) is 44.9 Å². The second-order valence-corrected chi connectivity index (χ2v) is 23.6. The highest BCUT2D eigenvalue weighted by atomic mass is 16.8. The minimum Gasteiger partial charge on any atom is -0.477 e. The number of rotatable bonds is 47. The summed E-state index contributed by atoms with van der Waals surface area (Å²) in [5, 5.41) is 136. The third kappa shape index (κ3) is 27.5. The number of aliphatic hydroxyl groups is 11. The van der Waals surface area contributed by atoms with Gasteiger partial charge < -0.3 is 100 Å². The fourth-order valence-electron chi connectivity index (χ4n) is 11.2. The van der Waals surface area contributed by atoms with Crippen LogP contribution in [0.2, 0.25) is 0 Å². The molecule has 3 aliphatic heterocycles. The molecule has 0 aromatic carbocycles. The maximum atomic E-state index is 13.4. The minimum atomic E-state index is -3.08. The molecule has 23 heteroatoms. The molecule has 0 spiro atoms. The predicted octanol–water partition coefficient (Wildman–Crippen LogP) is 4.11. The molecular formula is C62H112N2O21. The van der Waals surface area contributed by atoms with Crippen LogP contribution in [0.3, 0.4) is 0 Å². The van der Waals surface area contributed by atoms with E-state index in [2.05, 4.69) is 36.6 Å². The number of carbonyl (C=O) groups excluding carboxylic acids is 2. The molecule has 0 aromatic rings. The Balaban J connectivity index is 1.65. The van der Waals surface area contributed by atoms with Gasteiger partial charge in [0.2, 0.25) is 11.8 Å². The first-order valence-electron chi connectivity index (χ1n) is 32.2. The number of carboxylic acid groups (broad SMARTS) is 1. The molecule has 0 radical (unpaired) electrons. The third-order valence-electron chi connectivity index (χ3n) is 16.4. The lowest BCUT2D eigenvalue weighted by Crippen LogP contribution is -2.70. The summed E-state index contributed by atoms with van der Waals surface area (Å²) in [7, 11) is 0. The van der Waals surface area contributed by atoms with Crippen molar-refractivity contribution in [2.45, 2.75) is 323 Å². The molecule has 18 atom stereocenters. The smallest absolute Gasteiger partial charge is 0.364 e. The van der Waals surface area contributed by atoms with Gasteiger partial charge in [-0.1, -0.05) is 173 Å². The van der Waals surface area contributed by atoms with Gasteiger partial charge in [-0.15, -0.1) is 0 Å². The quantitative estimate of drug-likeness (QED) is 0.0301. The van der Waals surface area contributed by atoms with Crippen molar-refractivity contribution in [3.8, 4) is 0 Å². The molecule has 3 aliphatic rings. The van der Waals surface area contributed by atoms with Crippen molar-refractivity contribution in [1.29, 1.82) is 0 Å². The molecule has 3 fully saturated rings. The predicted molar refractivity (Wildman–Crippen MR) is 315 cm³/mol. The maximum absolute atomic E-state index is 13.4. The van der Waals surface area contributed by atoms with Gasteiger partial charge in [0.25, 0.3) is 5.79 Å². The van der Waals surface area contributed by atoms with Crippen molar-refractivity contribution in [3.63, 3.8) is 0 Å². The van der Waals surface area contributed by atoms with Crippen molar-refractivity contribution in [2.24, 2.45) is 0 Å². The number of carboxylic acids is 1. The van der Waals surface area contributed by atoms with Crippen LogP contribution in [-0.2, 0) is 42.8 Å². The summed E-state index contributed by atoms with van der Waals surface area (Å²) >= 11 is 0. The Labute approximate surface area is 504 Å². The number of aliphatic carboxylic acids is 1. The molecule has 2 amide bonds. The fraction of sp³-hybridized carbons (Fsp3) is 0.887. The Morgan fingerprint density at radius 3 is 1.60 bits per heavy atom. The highest BCUT2D eigenvalue weighted by molar-refractivity contribution is 5.77. The molecule has 0 aromatic heterocycles. The zero-order valence-corrected chi connectivity index (χ0v) is 51.2. The van der Waals surface area contributed by atoms with Crippen LogP contribution >= 0.6 is 0 Å². The fourth-order valence-corrected chi connectivity index (χ4v) is 11.2. The van der Waals surface area contributed by atoms with Gasteiger partial charge >= 0.3 is 5.97 Å². The summed E-state index contributed by atoms with van der Waals surface area (Å²) in [5.74, 6) is -6.16. The number of ether oxygens (including phenoxy) is 6. The second kappa shape index (κ2) is 43.8. The van der Waals surface area contributed by atoms with Crippen LogP contribution in [0.25, 0.3) is 0 Å². The number of hydrogen-bond donors (Lipinski definition) is 14. The van der Waals surface area contributed by atoms with Crippen molar-refractivity contribution in [1.82, 2.24) is 10.6 Å². The zero-order valence-electron chi connectivity index (χ0n) is 51.2. The van der Waals surface area contributed by atoms with Crippen LogP contribution in [-0.4, -0.2) is 215 Å². The highest BCUT2D eigenvalue weighted by Crippen LogP contribution is 2.38. The van der Waals surface area contributed by atoms with E-state index < -0.39 is 155 Å². The van der Waals surface area contributed by atoms with E-state index in [-0.39, 0.29) is 12.3 Å². The summed E-state index contributed by atoms with van der Waals surface area (Å²) < 4.78 is 34.7. The molecule has 0 saturated carbocycles. The lowest BCUT2D eigenvalue weighted by molar-refractivity contribution is -0.386. The lowest BCUT2D eigenvalue weighted by Gasteiger charge is -2.50. The van der Waals surface area contributed by atoms with Gasteiger partial charge in [0.1, 0.15) is 67.1 Å². The van der Waals surface area contributed by atoms with Crippen LogP contribution in [0.5, 0.6) is 0 Å². The van der Waals surface area contributed by atoms with Crippen molar-refractivity contribution in [3.05, 3.63) is 24.3 Å². The van der Waals surface area contributed by atoms with Gasteiger partial charge in [-0.25, -0.2) is 4.79 Å². The Hall–Kier alpha value is -2.79. The number of amides is 2. The number of allylic oxidation sites excluding steroid dienone is 3. The molecule has 23 nitrogen and oxygen atoms in total. The van der Waals surface area contributed by atoms with Crippen LogP contribution < -0.4 is 10.6 Å². The Morgan fingerprint density at radius 2 is 1.11 bits per heavy atom. The maximum Gasteiger partial charge on any atom is 0.364 e. The van der Waals surface area contributed by atoms with E-state index in [1.807, 2.05) is 6.08 Å². The second-order valence-electron chi connectivity index (χ2n) is 23.6. The summed E-state index contributed by atoms with van der Waals surface area (Å²) in [6.45, 7) is 2.09. The van der Waals surface area contributed by atoms with E-state index in [0.717, 1.165) is 51.9 Å². The molecule has 3 heterocycles. The average Bonchev–Trinajstić information content (AvgIpc) is 1.28. The number of carbonyl (C=O) groups is 3.